The van der Waals surface area contributed by atoms with Gasteiger partial charge in [0, 0.05) is 19.0 Å². The maximum atomic E-state index is 10.3. The fraction of sp³-hybridized carbons (Fsp3) is 1.00. The maximum absolute atomic E-state index is 10.3. The van der Waals surface area contributed by atoms with Gasteiger partial charge in [0.25, 0.3) is 0 Å². The van der Waals surface area contributed by atoms with Crippen LogP contribution in [0.3, 0.4) is 0 Å². The van der Waals surface area contributed by atoms with Gasteiger partial charge >= 0.3 is 0 Å². The molecule has 1 aliphatic heterocycles. The Morgan fingerprint density at radius 2 is 1.94 bits per heavy atom. The monoisotopic (exact) mass is 239 g/mol. The zero-order valence-electron chi connectivity index (χ0n) is 11.9. The van der Waals surface area contributed by atoms with Crippen LogP contribution in [-0.4, -0.2) is 35.7 Å². The average molecular weight is 239 g/mol. The summed E-state index contributed by atoms with van der Waals surface area (Å²) in [6.07, 6.45) is 3.53. The van der Waals surface area contributed by atoms with Crippen molar-refractivity contribution in [2.75, 3.05) is 19.6 Å². The molecule has 1 saturated carbocycles. The lowest BCUT2D eigenvalue weighted by Gasteiger charge is -2.39. The third-order valence-electron chi connectivity index (χ3n) is 4.87. The molecule has 2 heteroatoms. The summed E-state index contributed by atoms with van der Waals surface area (Å²) in [6, 6.07) is 0. The van der Waals surface area contributed by atoms with E-state index in [0.717, 1.165) is 13.0 Å². The molecule has 100 valence electrons. The zero-order chi connectivity index (χ0) is 12.6. The lowest BCUT2D eigenvalue weighted by Crippen LogP contribution is -2.42. The predicted octanol–water partition coefficient (Wildman–Crippen LogP) is 2.76. The molecule has 2 fully saturated rings. The van der Waals surface area contributed by atoms with Crippen molar-refractivity contribution in [2.45, 2.75) is 53.1 Å². The first-order chi connectivity index (χ1) is 7.87. The second-order valence-electron chi connectivity index (χ2n) is 7.43. The fourth-order valence-corrected chi connectivity index (χ4v) is 3.85. The fourth-order valence-electron chi connectivity index (χ4n) is 3.85. The smallest absolute Gasteiger partial charge is 0.0585 e. The van der Waals surface area contributed by atoms with Crippen molar-refractivity contribution < 1.29 is 5.11 Å². The second-order valence-corrected chi connectivity index (χ2v) is 7.43. The number of rotatable bonds is 2. The molecule has 0 bridgehead atoms. The van der Waals surface area contributed by atoms with E-state index >= 15 is 0 Å². The van der Waals surface area contributed by atoms with Crippen LogP contribution in [0.2, 0.25) is 0 Å². The van der Waals surface area contributed by atoms with Crippen LogP contribution in [0, 0.1) is 23.2 Å². The number of aliphatic hydroxyl groups is 1. The summed E-state index contributed by atoms with van der Waals surface area (Å²) in [5, 5.41) is 10.3. The Kier molecular flexibility index (Phi) is 3.84. The van der Waals surface area contributed by atoms with Crippen LogP contribution in [0.4, 0.5) is 0 Å². The average Bonchev–Trinajstić information content (AvgIpc) is 2.52. The van der Waals surface area contributed by atoms with Gasteiger partial charge in [0.15, 0.2) is 0 Å². The van der Waals surface area contributed by atoms with Gasteiger partial charge in [-0.05, 0) is 43.1 Å². The van der Waals surface area contributed by atoms with Crippen LogP contribution in [0.25, 0.3) is 0 Å². The Morgan fingerprint density at radius 3 is 2.47 bits per heavy atom. The van der Waals surface area contributed by atoms with Gasteiger partial charge < -0.3 is 10.0 Å². The van der Waals surface area contributed by atoms with Crippen LogP contribution in [0.5, 0.6) is 0 Å². The first-order valence-electron chi connectivity index (χ1n) is 7.28. The van der Waals surface area contributed by atoms with Gasteiger partial charge in [0.1, 0.15) is 0 Å². The molecule has 0 aromatic rings. The van der Waals surface area contributed by atoms with E-state index in [2.05, 4.69) is 32.6 Å². The highest BCUT2D eigenvalue weighted by Gasteiger charge is 2.36. The normalized spacial score (nSPS) is 42.9. The van der Waals surface area contributed by atoms with Crippen LogP contribution >= 0.6 is 0 Å². The van der Waals surface area contributed by atoms with Crippen molar-refractivity contribution in [1.29, 1.82) is 0 Å². The summed E-state index contributed by atoms with van der Waals surface area (Å²) < 4.78 is 0. The molecular weight excluding hydrogens is 210 g/mol. The van der Waals surface area contributed by atoms with Crippen molar-refractivity contribution in [1.82, 2.24) is 4.90 Å². The molecule has 0 radical (unpaired) electrons. The molecular formula is C15H29NO. The van der Waals surface area contributed by atoms with Crippen LogP contribution in [0.15, 0.2) is 0 Å². The standard InChI is InChI=1S/C15H29NO/c1-11-7-12(2)13(14(17)8-11)9-16-6-5-15(3,4)10-16/h11-14,17H,5-10H2,1-4H3. The van der Waals surface area contributed by atoms with E-state index in [9.17, 15) is 5.11 Å². The molecule has 0 amide bonds. The van der Waals surface area contributed by atoms with Crippen molar-refractivity contribution in [3.05, 3.63) is 0 Å². The minimum Gasteiger partial charge on any atom is -0.393 e. The molecule has 1 N–H and O–H groups in total. The molecule has 17 heavy (non-hydrogen) atoms. The lowest BCUT2D eigenvalue weighted by atomic mass is 9.73. The van der Waals surface area contributed by atoms with Gasteiger partial charge in [-0.2, -0.15) is 0 Å². The molecule has 4 atom stereocenters. The highest BCUT2D eigenvalue weighted by atomic mass is 16.3. The summed E-state index contributed by atoms with van der Waals surface area (Å²) in [5.74, 6) is 1.88. The van der Waals surface area contributed by atoms with E-state index in [1.165, 1.54) is 25.9 Å². The Bertz CT molecular complexity index is 252. The summed E-state index contributed by atoms with van der Waals surface area (Å²) >= 11 is 0. The molecule has 2 aliphatic rings. The summed E-state index contributed by atoms with van der Waals surface area (Å²) in [7, 11) is 0. The minimum atomic E-state index is -0.0718. The van der Waals surface area contributed by atoms with Gasteiger partial charge in [-0.15, -0.1) is 0 Å². The summed E-state index contributed by atoms with van der Waals surface area (Å²) in [5.41, 5.74) is 0.482. The first kappa shape index (κ1) is 13.4. The second kappa shape index (κ2) is 4.89. The topological polar surface area (TPSA) is 23.5 Å². The van der Waals surface area contributed by atoms with Gasteiger partial charge in [-0.1, -0.05) is 27.7 Å². The Balaban J connectivity index is 1.90. The van der Waals surface area contributed by atoms with Gasteiger partial charge in [-0.25, -0.2) is 0 Å². The Labute approximate surface area is 106 Å². The third kappa shape index (κ3) is 3.23. The van der Waals surface area contributed by atoms with E-state index in [4.69, 9.17) is 0 Å². The van der Waals surface area contributed by atoms with Gasteiger partial charge in [0.2, 0.25) is 0 Å². The molecule has 0 spiro atoms. The SMILES string of the molecule is CC1CC(C)C(CN2CCC(C)(C)C2)C(O)C1. The van der Waals surface area contributed by atoms with E-state index < -0.39 is 0 Å². The van der Waals surface area contributed by atoms with Crippen LogP contribution < -0.4 is 0 Å². The lowest BCUT2D eigenvalue weighted by molar-refractivity contribution is 0.000162. The summed E-state index contributed by atoms with van der Waals surface area (Å²) in [6.45, 7) is 12.8. The van der Waals surface area contributed by atoms with Crippen molar-refractivity contribution >= 4 is 0 Å². The largest absolute Gasteiger partial charge is 0.393 e. The molecule has 1 saturated heterocycles. The van der Waals surface area contributed by atoms with E-state index in [1.54, 1.807) is 0 Å². The maximum Gasteiger partial charge on any atom is 0.0585 e. The molecule has 2 rings (SSSR count). The number of aliphatic hydroxyl groups excluding tert-OH is 1. The van der Waals surface area contributed by atoms with Crippen molar-refractivity contribution in [3.63, 3.8) is 0 Å². The van der Waals surface area contributed by atoms with E-state index in [1.807, 2.05) is 0 Å². The third-order valence-corrected chi connectivity index (χ3v) is 4.87. The molecule has 0 aromatic carbocycles. The van der Waals surface area contributed by atoms with Crippen molar-refractivity contribution in [3.8, 4) is 0 Å². The van der Waals surface area contributed by atoms with Gasteiger partial charge in [-0.3, -0.25) is 0 Å². The molecule has 0 aromatic heterocycles. The zero-order valence-corrected chi connectivity index (χ0v) is 11.9. The first-order valence-corrected chi connectivity index (χ1v) is 7.28. The minimum absolute atomic E-state index is 0.0718. The van der Waals surface area contributed by atoms with Crippen LogP contribution in [0.1, 0.15) is 47.0 Å². The Morgan fingerprint density at radius 1 is 1.24 bits per heavy atom. The van der Waals surface area contributed by atoms with Gasteiger partial charge in [0.05, 0.1) is 6.10 Å². The number of likely N-dealkylation sites (tertiary alicyclic amines) is 1. The number of hydrogen-bond donors (Lipinski definition) is 1. The predicted molar refractivity (Wildman–Crippen MR) is 71.9 cm³/mol. The molecule has 1 heterocycles. The number of hydrogen-bond acceptors (Lipinski definition) is 2. The highest BCUT2D eigenvalue weighted by molar-refractivity contribution is 4.89. The Hall–Kier alpha value is -0.0800. The summed E-state index contributed by atoms with van der Waals surface area (Å²) in [4.78, 5) is 2.57. The molecule has 4 unspecified atom stereocenters. The van der Waals surface area contributed by atoms with Crippen molar-refractivity contribution in [2.24, 2.45) is 23.2 Å². The van der Waals surface area contributed by atoms with E-state index in [-0.39, 0.29) is 6.10 Å². The highest BCUT2D eigenvalue weighted by Crippen LogP contribution is 2.36. The molecule has 2 nitrogen and oxygen atoms in total. The molecule has 1 aliphatic carbocycles. The van der Waals surface area contributed by atoms with E-state index in [0.29, 0.717) is 23.2 Å². The quantitative estimate of drug-likeness (QED) is 0.801. The van der Waals surface area contributed by atoms with Crippen LogP contribution in [-0.2, 0) is 0 Å². The number of nitrogens with zero attached hydrogens (tertiary/aromatic N) is 1.